The number of hydrogen-bond acceptors (Lipinski definition) is 5. The molecule has 0 aliphatic carbocycles. The third kappa shape index (κ3) is 3.75. The van der Waals surface area contributed by atoms with Crippen molar-refractivity contribution in [2.45, 2.75) is 20.3 Å². The normalized spacial score (nSPS) is 14.0. The van der Waals surface area contributed by atoms with Crippen LogP contribution in [0, 0.1) is 0 Å². The fraction of sp³-hybridized carbons (Fsp3) is 0.294. The van der Waals surface area contributed by atoms with Gasteiger partial charge in [-0.2, -0.15) is 0 Å². The van der Waals surface area contributed by atoms with Crippen LogP contribution < -0.4 is 4.90 Å². The summed E-state index contributed by atoms with van der Waals surface area (Å²) in [7, 11) is 0. The van der Waals surface area contributed by atoms with Gasteiger partial charge in [0.2, 0.25) is 0 Å². The van der Waals surface area contributed by atoms with Crippen LogP contribution in [0.25, 0.3) is 0 Å². The highest BCUT2D eigenvalue weighted by Crippen LogP contribution is 2.26. The van der Waals surface area contributed by atoms with E-state index in [1.807, 2.05) is 30.3 Å². The van der Waals surface area contributed by atoms with Gasteiger partial charge in [-0.3, -0.25) is 0 Å². The Kier molecular flexibility index (Phi) is 5.36. The van der Waals surface area contributed by atoms with Crippen LogP contribution >= 0.6 is 0 Å². The number of carbonyl (C=O) groups is 2. The Hall–Kier alpha value is -2.56. The third-order valence-corrected chi connectivity index (χ3v) is 3.10. The molecule has 0 aromatic heterocycles. The highest BCUT2D eigenvalue weighted by Gasteiger charge is 2.24. The van der Waals surface area contributed by atoms with E-state index >= 15 is 0 Å². The fourth-order valence-corrected chi connectivity index (χ4v) is 2.12. The van der Waals surface area contributed by atoms with Gasteiger partial charge in [-0.25, -0.2) is 9.59 Å². The van der Waals surface area contributed by atoms with Crippen molar-refractivity contribution in [3.63, 3.8) is 0 Å². The molecule has 0 fully saturated rings. The Bertz CT molecular complexity index is 570. The van der Waals surface area contributed by atoms with Crippen LogP contribution in [0.3, 0.4) is 0 Å². The van der Waals surface area contributed by atoms with Crippen molar-refractivity contribution in [2.24, 2.45) is 0 Å². The molecule has 1 aliphatic heterocycles. The topological polar surface area (TPSA) is 55.8 Å². The molecule has 0 saturated heterocycles. The molecule has 0 radical (unpaired) electrons. The maximum absolute atomic E-state index is 12.0. The summed E-state index contributed by atoms with van der Waals surface area (Å²) in [6, 6.07) is 9.46. The van der Waals surface area contributed by atoms with Gasteiger partial charge >= 0.3 is 11.9 Å². The molecule has 0 N–H and O–H groups in total. The first kappa shape index (κ1) is 15.8. The largest absolute Gasteiger partial charge is 0.463 e. The zero-order valence-electron chi connectivity index (χ0n) is 12.7. The van der Waals surface area contributed by atoms with E-state index in [4.69, 9.17) is 9.47 Å². The first-order valence-electron chi connectivity index (χ1n) is 7.24. The number of para-hydroxylation sites is 1. The van der Waals surface area contributed by atoms with Gasteiger partial charge in [0.25, 0.3) is 0 Å². The lowest BCUT2D eigenvalue weighted by Crippen LogP contribution is -2.23. The lowest BCUT2D eigenvalue weighted by atomic mass is 10.0. The highest BCUT2D eigenvalue weighted by molar-refractivity contribution is 5.96. The summed E-state index contributed by atoms with van der Waals surface area (Å²) in [5.41, 5.74) is 1.71. The highest BCUT2D eigenvalue weighted by atomic mass is 16.5. The molecule has 0 unspecified atom stereocenters. The Balaban J connectivity index is 2.32. The third-order valence-electron chi connectivity index (χ3n) is 3.10. The van der Waals surface area contributed by atoms with Gasteiger partial charge < -0.3 is 14.4 Å². The summed E-state index contributed by atoms with van der Waals surface area (Å²) in [6.45, 7) is 4.08. The van der Waals surface area contributed by atoms with E-state index in [1.165, 1.54) is 0 Å². The van der Waals surface area contributed by atoms with Crippen molar-refractivity contribution in [2.75, 3.05) is 18.1 Å². The van der Waals surface area contributed by atoms with Crippen LogP contribution in [0.4, 0.5) is 5.69 Å². The number of rotatable bonds is 5. The van der Waals surface area contributed by atoms with Crippen LogP contribution in [-0.4, -0.2) is 25.2 Å². The minimum absolute atomic E-state index is 0.209. The van der Waals surface area contributed by atoms with Crippen LogP contribution in [0.5, 0.6) is 0 Å². The molecule has 1 aromatic rings. The van der Waals surface area contributed by atoms with Gasteiger partial charge in [0.05, 0.1) is 24.4 Å². The Labute approximate surface area is 129 Å². The van der Waals surface area contributed by atoms with Crippen molar-refractivity contribution in [3.8, 4) is 0 Å². The van der Waals surface area contributed by atoms with Crippen LogP contribution in [-0.2, 0) is 19.1 Å². The second-order valence-corrected chi connectivity index (χ2v) is 4.67. The Morgan fingerprint density at radius 2 is 1.45 bits per heavy atom. The number of esters is 2. The molecule has 0 amide bonds. The molecule has 0 bridgehead atoms. The average molecular weight is 301 g/mol. The van der Waals surface area contributed by atoms with Gasteiger partial charge in [0.1, 0.15) is 0 Å². The lowest BCUT2D eigenvalue weighted by Gasteiger charge is -2.24. The maximum atomic E-state index is 12.0. The quantitative estimate of drug-likeness (QED) is 0.783. The number of anilines is 1. The van der Waals surface area contributed by atoms with E-state index in [0.717, 1.165) is 5.69 Å². The van der Waals surface area contributed by atoms with Gasteiger partial charge in [0, 0.05) is 24.5 Å². The summed E-state index contributed by atoms with van der Waals surface area (Å²) in [6.07, 6.45) is 3.59. The molecular formula is C17H19NO4. The van der Waals surface area contributed by atoms with E-state index in [1.54, 1.807) is 31.1 Å². The molecule has 1 heterocycles. The van der Waals surface area contributed by atoms with E-state index in [2.05, 4.69) is 0 Å². The number of nitrogens with zero attached hydrogens (tertiary/aromatic N) is 1. The van der Waals surface area contributed by atoms with Crippen molar-refractivity contribution < 1.29 is 19.1 Å². The van der Waals surface area contributed by atoms with Gasteiger partial charge in [-0.1, -0.05) is 18.2 Å². The monoisotopic (exact) mass is 301 g/mol. The minimum atomic E-state index is -0.418. The molecule has 2 rings (SSSR count). The van der Waals surface area contributed by atoms with E-state index < -0.39 is 11.9 Å². The molecule has 0 atom stereocenters. The lowest BCUT2D eigenvalue weighted by molar-refractivity contribution is -0.139. The first-order valence-corrected chi connectivity index (χ1v) is 7.24. The molecule has 116 valence electrons. The summed E-state index contributed by atoms with van der Waals surface area (Å²) in [5.74, 6) is -0.836. The number of ether oxygens (including phenoxy) is 2. The fourth-order valence-electron chi connectivity index (χ4n) is 2.12. The second-order valence-electron chi connectivity index (χ2n) is 4.67. The number of benzene rings is 1. The smallest absolute Gasteiger partial charge is 0.335 e. The van der Waals surface area contributed by atoms with Crippen LogP contribution in [0.15, 0.2) is 53.9 Å². The second kappa shape index (κ2) is 7.45. The van der Waals surface area contributed by atoms with Gasteiger partial charge in [0.15, 0.2) is 0 Å². The molecule has 1 aromatic carbocycles. The zero-order valence-corrected chi connectivity index (χ0v) is 12.7. The predicted octanol–water partition coefficient (Wildman–Crippen LogP) is 2.79. The molecule has 1 aliphatic rings. The Morgan fingerprint density at radius 1 is 0.955 bits per heavy atom. The standard InChI is InChI=1S/C17H19NO4/c1-3-21-16(19)13-10-14(17(20)22-4-2)12-18(11-13)15-8-6-5-7-9-15/h5-9,11-12H,3-4,10H2,1-2H3. The summed E-state index contributed by atoms with van der Waals surface area (Å²) in [5, 5.41) is 0. The molecule has 5 heteroatoms. The molecular weight excluding hydrogens is 282 g/mol. The van der Waals surface area contributed by atoms with Crippen molar-refractivity contribution in [1.82, 2.24) is 0 Å². The predicted molar refractivity (Wildman–Crippen MR) is 83.0 cm³/mol. The van der Waals surface area contributed by atoms with E-state index in [-0.39, 0.29) is 6.42 Å². The zero-order chi connectivity index (χ0) is 15.9. The summed E-state index contributed by atoms with van der Waals surface area (Å²) in [4.78, 5) is 25.7. The maximum Gasteiger partial charge on any atom is 0.335 e. The minimum Gasteiger partial charge on any atom is -0.463 e. The van der Waals surface area contributed by atoms with Crippen LogP contribution in [0.2, 0.25) is 0 Å². The number of carbonyl (C=O) groups excluding carboxylic acids is 2. The molecule has 22 heavy (non-hydrogen) atoms. The molecule has 5 nitrogen and oxygen atoms in total. The van der Waals surface area contributed by atoms with Crippen LogP contribution in [0.1, 0.15) is 20.3 Å². The summed E-state index contributed by atoms with van der Waals surface area (Å²) < 4.78 is 10.1. The van der Waals surface area contributed by atoms with Crippen molar-refractivity contribution in [1.29, 1.82) is 0 Å². The van der Waals surface area contributed by atoms with Gasteiger partial charge in [-0.15, -0.1) is 0 Å². The average Bonchev–Trinajstić information content (AvgIpc) is 2.55. The van der Waals surface area contributed by atoms with E-state index in [0.29, 0.717) is 24.4 Å². The van der Waals surface area contributed by atoms with Crippen molar-refractivity contribution in [3.05, 3.63) is 53.9 Å². The Morgan fingerprint density at radius 3 is 1.91 bits per heavy atom. The summed E-state index contributed by atoms with van der Waals surface area (Å²) >= 11 is 0. The van der Waals surface area contributed by atoms with Gasteiger partial charge in [-0.05, 0) is 26.0 Å². The van der Waals surface area contributed by atoms with Crippen molar-refractivity contribution >= 4 is 17.6 Å². The molecule has 0 spiro atoms. The SMILES string of the molecule is CCOC(=O)C1=CN(c2ccccc2)C=C(C(=O)OCC)C1. The molecule has 0 saturated carbocycles. The number of hydrogen-bond donors (Lipinski definition) is 0. The van der Waals surface area contributed by atoms with E-state index in [9.17, 15) is 9.59 Å². The first-order chi connectivity index (χ1) is 10.7.